The number of nitrogens with one attached hydrogen (secondary N) is 1. The van der Waals surface area contributed by atoms with E-state index in [1.807, 2.05) is 4.90 Å². The highest BCUT2D eigenvalue weighted by molar-refractivity contribution is 9.10. The number of alkyl halides is 1. The van der Waals surface area contributed by atoms with E-state index in [2.05, 4.69) is 21.2 Å². The molecule has 1 fully saturated rings. The molecule has 1 aromatic rings. The molecule has 0 bridgehead atoms. The number of carbonyl (C=O) groups is 2. The maximum Gasteiger partial charge on any atom is 0.260 e. The summed E-state index contributed by atoms with van der Waals surface area (Å²) in [6.07, 6.45) is 3.34. The van der Waals surface area contributed by atoms with Crippen LogP contribution < -0.4 is 10.1 Å². The lowest BCUT2D eigenvalue weighted by Gasteiger charge is -2.26. The molecule has 1 aliphatic heterocycles. The van der Waals surface area contributed by atoms with E-state index in [0.717, 1.165) is 25.9 Å². The molecule has 0 unspecified atom stereocenters. The Balaban J connectivity index is 1.83. The monoisotopic (exact) mass is 382 g/mol. The largest absolute Gasteiger partial charge is 0.484 e. The molecule has 0 radical (unpaired) electrons. The minimum absolute atomic E-state index is 0.0307. The Hall–Kier alpha value is -1.56. The lowest BCUT2D eigenvalue weighted by molar-refractivity contribution is -0.134. The summed E-state index contributed by atoms with van der Waals surface area (Å²) in [5.74, 6) is 0.529. The maximum absolute atomic E-state index is 12.0. The van der Waals surface area contributed by atoms with Crippen LogP contribution in [-0.4, -0.2) is 40.7 Å². The van der Waals surface area contributed by atoms with E-state index < -0.39 is 4.32 Å². The molecule has 0 saturated carbocycles. The highest BCUT2D eigenvalue weighted by Crippen LogP contribution is 2.21. The summed E-state index contributed by atoms with van der Waals surface area (Å²) in [5.41, 5.74) is 0.692. The summed E-state index contributed by atoms with van der Waals surface area (Å²) in [4.78, 5) is 25.8. The number of hydrogen-bond donors (Lipinski definition) is 1. The summed E-state index contributed by atoms with van der Waals surface area (Å²) in [7, 11) is 0. The van der Waals surface area contributed by atoms with Gasteiger partial charge in [0, 0.05) is 18.8 Å². The quantitative estimate of drug-likeness (QED) is 0.795. The summed E-state index contributed by atoms with van der Waals surface area (Å²) in [5, 5.41) is 2.81. The number of carbonyl (C=O) groups excluding carboxylic acids is 2. The van der Waals surface area contributed by atoms with Crippen LogP contribution in [0.4, 0.5) is 5.69 Å². The highest BCUT2D eigenvalue weighted by Gasteiger charge is 2.23. The van der Waals surface area contributed by atoms with Crippen LogP contribution in [0.15, 0.2) is 24.3 Å². The van der Waals surface area contributed by atoms with Crippen molar-refractivity contribution in [2.75, 3.05) is 25.0 Å². The molecule has 0 aliphatic carbocycles. The summed E-state index contributed by atoms with van der Waals surface area (Å²) in [6.45, 7) is 5.28. The molecule has 6 heteroatoms. The third-order valence-electron chi connectivity index (χ3n) is 3.72. The molecular formula is C17H23BrN2O3. The van der Waals surface area contributed by atoms with Gasteiger partial charge in [0.05, 0.1) is 4.32 Å². The SMILES string of the molecule is CC(C)(Br)C(=O)Nc1ccc(OCC(=O)N2CCCCC2)cc1. The minimum Gasteiger partial charge on any atom is -0.484 e. The molecule has 2 amide bonds. The van der Waals surface area contributed by atoms with Gasteiger partial charge < -0.3 is 15.0 Å². The minimum atomic E-state index is -0.622. The van der Waals surface area contributed by atoms with Crippen molar-refractivity contribution < 1.29 is 14.3 Å². The fraction of sp³-hybridized carbons (Fsp3) is 0.529. The molecule has 2 rings (SSSR count). The number of anilines is 1. The van der Waals surface area contributed by atoms with E-state index in [4.69, 9.17) is 4.74 Å². The van der Waals surface area contributed by atoms with Crippen molar-refractivity contribution in [1.29, 1.82) is 0 Å². The second-order valence-electron chi connectivity index (χ2n) is 6.18. The number of hydrogen-bond acceptors (Lipinski definition) is 3. The lowest BCUT2D eigenvalue weighted by atomic mass is 10.1. The zero-order valence-electron chi connectivity index (χ0n) is 13.6. The van der Waals surface area contributed by atoms with Crippen molar-refractivity contribution in [3.8, 4) is 5.75 Å². The average Bonchev–Trinajstić information content (AvgIpc) is 2.54. The van der Waals surface area contributed by atoms with Gasteiger partial charge in [0.2, 0.25) is 5.91 Å². The van der Waals surface area contributed by atoms with Gasteiger partial charge in [0.15, 0.2) is 6.61 Å². The number of ether oxygens (including phenoxy) is 1. The number of halogens is 1. The zero-order valence-corrected chi connectivity index (χ0v) is 15.2. The number of nitrogens with zero attached hydrogens (tertiary/aromatic N) is 1. The highest BCUT2D eigenvalue weighted by atomic mass is 79.9. The smallest absolute Gasteiger partial charge is 0.260 e. The first-order valence-corrected chi connectivity index (χ1v) is 8.66. The predicted molar refractivity (Wildman–Crippen MR) is 94.0 cm³/mol. The van der Waals surface area contributed by atoms with Crippen LogP contribution in [0.3, 0.4) is 0 Å². The normalized spacial score (nSPS) is 15.2. The van der Waals surface area contributed by atoms with Gasteiger partial charge in [-0.2, -0.15) is 0 Å². The first kappa shape index (κ1) is 17.8. The van der Waals surface area contributed by atoms with E-state index in [1.165, 1.54) is 6.42 Å². The van der Waals surface area contributed by atoms with Crippen LogP contribution in [0.1, 0.15) is 33.1 Å². The standard InChI is InChI=1S/C17H23BrN2O3/c1-17(2,18)16(22)19-13-6-8-14(9-7-13)23-12-15(21)20-10-4-3-5-11-20/h6-9H,3-5,10-12H2,1-2H3,(H,19,22). The molecule has 1 aliphatic rings. The average molecular weight is 383 g/mol. The Morgan fingerprint density at radius 2 is 1.78 bits per heavy atom. The van der Waals surface area contributed by atoms with Crippen LogP contribution >= 0.6 is 15.9 Å². The van der Waals surface area contributed by atoms with Crippen LogP contribution in [0.2, 0.25) is 0 Å². The van der Waals surface area contributed by atoms with Gasteiger partial charge in [-0.25, -0.2) is 0 Å². The Bertz CT molecular complexity index is 546. The van der Waals surface area contributed by atoms with E-state index in [1.54, 1.807) is 38.1 Å². The van der Waals surface area contributed by atoms with Crippen LogP contribution in [-0.2, 0) is 9.59 Å². The summed E-state index contributed by atoms with van der Waals surface area (Å²) < 4.78 is 4.91. The number of likely N-dealkylation sites (tertiary alicyclic amines) is 1. The molecule has 1 heterocycles. The molecule has 126 valence electrons. The molecule has 1 N–H and O–H groups in total. The third-order valence-corrected chi connectivity index (χ3v) is 4.08. The molecule has 0 aromatic heterocycles. The molecule has 5 nitrogen and oxygen atoms in total. The van der Waals surface area contributed by atoms with E-state index in [-0.39, 0.29) is 18.4 Å². The van der Waals surface area contributed by atoms with E-state index >= 15 is 0 Å². The van der Waals surface area contributed by atoms with E-state index in [9.17, 15) is 9.59 Å². The maximum atomic E-state index is 12.0. The lowest BCUT2D eigenvalue weighted by Crippen LogP contribution is -2.38. The molecular weight excluding hydrogens is 360 g/mol. The van der Waals surface area contributed by atoms with E-state index in [0.29, 0.717) is 11.4 Å². The van der Waals surface area contributed by atoms with Crippen molar-refractivity contribution in [2.45, 2.75) is 37.4 Å². The van der Waals surface area contributed by atoms with Crippen molar-refractivity contribution in [3.63, 3.8) is 0 Å². The van der Waals surface area contributed by atoms with Crippen molar-refractivity contribution in [2.24, 2.45) is 0 Å². The van der Waals surface area contributed by atoms with Crippen LogP contribution in [0.25, 0.3) is 0 Å². The van der Waals surface area contributed by atoms with Crippen LogP contribution in [0, 0.1) is 0 Å². The fourth-order valence-electron chi connectivity index (χ4n) is 2.29. The second-order valence-corrected chi connectivity index (χ2v) is 8.16. The fourth-order valence-corrected chi connectivity index (χ4v) is 2.39. The first-order valence-electron chi connectivity index (χ1n) is 7.87. The summed E-state index contributed by atoms with van der Waals surface area (Å²) >= 11 is 3.32. The number of piperidine rings is 1. The van der Waals surface area contributed by atoms with Gasteiger partial charge in [0.1, 0.15) is 5.75 Å². The summed E-state index contributed by atoms with van der Waals surface area (Å²) in [6, 6.07) is 7.02. The predicted octanol–water partition coefficient (Wildman–Crippen LogP) is 3.19. The Labute approximate surface area is 145 Å². The molecule has 0 spiro atoms. The third kappa shape index (κ3) is 5.53. The van der Waals surface area contributed by atoms with Crippen molar-refractivity contribution >= 4 is 33.4 Å². The zero-order chi connectivity index (χ0) is 16.9. The Kier molecular flexibility index (Phi) is 6.04. The molecule has 23 heavy (non-hydrogen) atoms. The van der Waals surface area contributed by atoms with Gasteiger partial charge >= 0.3 is 0 Å². The Morgan fingerprint density at radius 3 is 2.35 bits per heavy atom. The van der Waals surface area contributed by atoms with Gasteiger partial charge in [0.25, 0.3) is 5.91 Å². The van der Waals surface area contributed by atoms with Crippen molar-refractivity contribution in [3.05, 3.63) is 24.3 Å². The van der Waals surface area contributed by atoms with Crippen LogP contribution in [0.5, 0.6) is 5.75 Å². The van der Waals surface area contributed by atoms with Gasteiger partial charge in [-0.05, 0) is 57.4 Å². The second kappa shape index (κ2) is 7.81. The Morgan fingerprint density at radius 1 is 1.17 bits per heavy atom. The number of benzene rings is 1. The molecule has 0 atom stereocenters. The van der Waals surface area contributed by atoms with Gasteiger partial charge in [-0.15, -0.1) is 0 Å². The van der Waals surface area contributed by atoms with Gasteiger partial charge in [-0.3, -0.25) is 9.59 Å². The molecule has 1 saturated heterocycles. The van der Waals surface area contributed by atoms with Gasteiger partial charge in [-0.1, -0.05) is 15.9 Å². The van der Waals surface area contributed by atoms with Crippen molar-refractivity contribution in [1.82, 2.24) is 4.90 Å². The number of amides is 2. The first-order chi connectivity index (χ1) is 10.9. The topological polar surface area (TPSA) is 58.6 Å². The number of rotatable bonds is 5. The molecule has 1 aromatic carbocycles.